The average molecular weight is 821 g/mol. The molecule has 5 aromatic rings. The first-order valence-corrected chi connectivity index (χ1v) is 21.0. The molecule has 0 N–H and O–H groups in total. The van der Waals surface area contributed by atoms with Crippen LogP contribution >= 0.6 is 23.5 Å². The minimum absolute atomic E-state index is 0.0139. The summed E-state index contributed by atoms with van der Waals surface area (Å²) in [5, 5.41) is 5.48. The van der Waals surface area contributed by atoms with Crippen molar-refractivity contribution in [2.45, 2.75) is 80.0 Å². The zero-order valence-electron chi connectivity index (χ0n) is 31.0. The molecule has 6 rings (SSSR count). The molecule has 4 bridgehead atoms. The first kappa shape index (κ1) is 40.8. The molecule has 294 valence electrons. The van der Waals surface area contributed by atoms with E-state index in [4.69, 9.17) is 10.1 Å². The van der Waals surface area contributed by atoms with E-state index in [9.17, 15) is 26.4 Å². The number of hydrogen-bond donors (Lipinski definition) is 0. The van der Waals surface area contributed by atoms with Gasteiger partial charge in [0.25, 0.3) is 0 Å². The Morgan fingerprint density at radius 3 is 2.51 bits per heavy atom. The normalized spacial score (nSPS) is 18.4. The van der Waals surface area contributed by atoms with Crippen molar-refractivity contribution in [1.29, 1.82) is 0 Å². The maximum absolute atomic E-state index is 16.2. The second kappa shape index (κ2) is 15.6. The van der Waals surface area contributed by atoms with Gasteiger partial charge in [0.2, 0.25) is 0 Å². The van der Waals surface area contributed by atoms with Gasteiger partial charge in [0.15, 0.2) is 17.4 Å². The van der Waals surface area contributed by atoms with Crippen LogP contribution in [0.2, 0.25) is 0 Å². The van der Waals surface area contributed by atoms with Gasteiger partial charge in [-0.2, -0.15) is 38.4 Å². The maximum Gasteiger partial charge on any atom is 0.534 e. The number of halogens is 5. The molecule has 0 unspecified atom stereocenters. The number of rotatable bonds is 6. The highest BCUT2D eigenvalue weighted by molar-refractivity contribution is 7.99. The SMILES string of the molecule is Cn1nc2nc1-c1cc(c(OS(=O)(=O)C(F)(F)F)cc1F)Sc1c(F)cc3c(ccn3C)c1CCSCC(C)(C)CCC[C@]2(C)c1cccc(CCC=O)c1. The van der Waals surface area contributed by atoms with E-state index in [0.29, 0.717) is 66.2 Å². The van der Waals surface area contributed by atoms with E-state index < -0.39 is 38.4 Å². The number of thioether (sulfide) groups is 1. The molecular formula is C39H41F5N4O4S3. The molecule has 16 heteroatoms. The minimum Gasteiger partial charge on any atom is -0.375 e. The van der Waals surface area contributed by atoms with Crippen LogP contribution < -0.4 is 4.18 Å². The molecule has 0 saturated carbocycles. The van der Waals surface area contributed by atoms with Crippen molar-refractivity contribution in [1.82, 2.24) is 19.3 Å². The predicted octanol–water partition coefficient (Wildman–Crippen LogP) is 9.55. The number of aldehydes is 1. The Bertz CT molecular complexity index is 2360. The lowest BCUT2D eigenvalue weighted by molar-refractivity contribution is -0.107. The van der Waals surface area contributed by atoms with E-state index in [1.54, 1.807) is 36.6 Å². The number of hydrogen-bond acceptors (Lipinski definition) is 8. The minimum atomic E-state index is -6.24. The standard InChI is InChI=1S/C39H41F5N4O4S3/c1-37(2)14-8-15-38(3,25-11-6-9-24(19-25)10-7-17-49)36-45-35(48(5)46-36)28-20-33(32(22-29(28)40)52-55(50,51)39(42,43)44)54-34-27(13-18-53-23-37)26-12-16-47(4)31(26)21-30(34)41/h6,9,11-12,16-17,19-22H,7-8,10,13-15,18,23H2,1-5H3/t38-/m1/s1. The molecule has 2 aromatic heterocycles. The summed E-state index contributed by atoms with van der Waals surface area (Å²) in [4.78, 5) is 15.8. The molecular weight excluding hydrogens is 780 g/mol. The van der Waals surface area contributed by atoms with Gasteiger partial charge in [-0.05, 0) is 84.4 Å². The largest absolute Gasteiger partial charge is 0.534 e. The summed E-state index contributed by atoms with van der Waals surface area (Å²) in [6, 6.07) is 12.7. The predicted molar refractivity (Wildman–Crippen MR) is 205 cm³/mol. The summed E-state index contributed by atoms with van der Waals surface area (Å²) < 4.78 is 105. The molecule has 0 amide bonds. The molecule has 0 fully saturated rings. The number of nitrogens with zero attached hydrogens (tertiary/aromatic N) is 4. The van der Waals surface area contributed by atoms with Crippen LogP contribution in [-0.2, 0) is 47.3 Å². The molecule has 1 aliphatic heterocycles. The van der Waals surface area contributed by atoms with Crippen LogP contribution in [0, 0.1) is 17.0 Å². The summed E-state index contributed by atoms with van der Waals surface area (Å²) >= 11 is 2.37. The van der Waals surface area contributed by atoms with Gasteiger partial charge in [0, 0.05) is 38.2 Å². The zero-order chi connectivity index (χ0) is 39.9. The van der Waals surface area contributed by atoms with Gasteiger partial charge in [0.05, 0.1) is 26.3 Å². The fourth-order valence-electron chi connectivity index (χ4n) is 6.96. The van der Waals surface area contributed by atoms with Crippen molar-refractivity contribution in [3.05, 3.63) is 88.9 Å². The average Bonchev–Trinajstić information content (AvgIpc) is 3.68. The van der Waals surface area contributed by atoms with Gasteiger partial charge in [-0.15, -0.1) is 0 Å². The summed E-state index contributed by atoms with van der Waals surface area (Å²) in [6.45, 7) is 6.39. The second-order valence-corrected chi connectivity index (χ2v) is 18.5. The van der Waals surface area contributed by atoms with Gasteiger partial charge >= 0.3 is 15.6 Å². The zero-order valence-corrected chi connectivity index (χ0v) is 33.4. The van der Waals surface area contributed by atoms with Crippen molar-refractivity contribution in [3.8, 4) is 17.1 Å². The smallest absolute Gasteiger partial charge is 0.375 e. The maximum atomic E-state index is 16.2. The Kier molecular flexibility index (Phi) is 11.5. The van der Waals surface area contributed by atoms with Crippen LogP contribution in [0.4, 0.5) is 22.0 Å². The molecule has 3 aromatic carbocycles. The van der Waals surface area contributed by atoms with Crippen LogP contribution in [-0.4, -0.2) is 51.0 Å². The fraction of sp³-hybridized carbons (Fsp3) is 0.410. The van der Waals surface area contributed by atoms with Gasteiger partial charge < -0.3 is 13.5 Å². The highest BCUT2D eigenvalue weighted by atomic mass is 32.2. The quantitative estimate of drug-likeness (QED) is 0.0724. The van der Waals surface area contributed by atoms with E-state index in [1.165, 1.54) is 10.7 Å². The Labute approximate surface area is 325 Å². The third-order valence-corrected chi connectivity index (χ3v) is 13.7. The summed E-state index contributed by atoms with van der Waals surface area (Å²) in [5.74, 6) is -0.996. The second-order valence-electron chi connectivity index (χ2n) is 14.8. The molecule has 0 radical (unpaired) electrons. The van der Waals surface area contributed by atoms with Crippen LogP contribution in [0.25, 0.3) is 22.3 Å². The van der Waals surface area contributed by atoms with Crippen molar-refractivity contribution < 1.29 is 39.3 Å². The van der Waals surface area contributed by atoms with Crippen LogP contribution in [0.3, 0.4) is 0 Å². The monoisotopic (exact) mass is 820 g/mol. The number of alkyl halides is 3. The lowest BCUT2D eigenvalue weighted by Crippen LogP contribution is -2.28. The third kappa shape index (κ3) is 8.46. The number of benzene rings is 3. The van der Waals surface area contributed by atoms with Crippen LogP contribution in [0.15, 0.2) is 64.5 Å². The van der Waals surface area contributed by atoms with E-state index in [-0.39, 0.29) is 26.6 Å². The van der Waals surface area contributed by atoms with E-state index in [1.807, 2.05) is 37.3 Å². The van der Waals surface area contributed by atoms with E-state index >= 15 is 8.78 Å². The molecule has 0 aliphatic carbocycles. The number of carbonyl (C=O) groups excluding carboxylic acids is 1. The Morgan fingerprint density at radius 1 is 1.02 bits per heavy atom. The lowest BCUT2D eigenvalue weighted by atomic mass is 9.75. The number of fused-ring (bicyclic) bond motifs is 8. The molecule has 3 heterocycles. The molecule has 0 saturated heterocycles. The van der Waals surface area contributed by atoms with Gasteiger partial charge in [-0.25, -0.2) is 18.4 Å². The van der Waals surface area contributed by atoms with E-state index in [2.05, 4.69) is 18.0 Å². The first-order chi connectivity index (χ1) is 25.8. The summed E-state index contributed by atoms with van der Waals surface area (Å²) in [5.41, 5.74) is -3.87. The highest BCUT2D eigenvalue weighted by Gasteiger charge is 2.49. The van der Waals surface area contributed by atoms with Crippen LogP contribution in [0.5, 0.6) is 5.75 Å². The van der Waals surface area contributed by atoms with Gasteiger partial charge in [0.1, 0.15) is 17.9 Å². The lowest BCUT2D eigenvalue weighted by Gasteiger charge is -2.30. The topological polar surface area (TPSA) is 96.1 Å². The van der Waals surface area contributed by atoms with E-state index in [0.717, 1.165) is 47.5 Å². The fourth-order valence-corrected chi connectivity index (χ4v) is 9.76. The molecule has 8 nitrogen and oxygen atoms in total. The van der Waals surface area contributed by atoms with Crippen LogP contribution in [0.1, 0.15) is 69.0 Å². The van der Waals surface area contributed by atoms with Crippen molar-refractivity contribution in [2.24, 2.45) is 19.5 Å². The highest BCUT2D eigenvalue weighted by Crippen LogP contribution is 2.46. The first-order valence-electron chi connectivity index (χ1n) is 17.6. The van der Waals surface area contributed by atoms with Gasteiger partial charge in [-0.1, -0.05) is 56.3 Å². The Morgan fingerprint density at radius 2 is 1.78 bits per heavy atom. The number of aryl methyl sites for hydroxylation is 4. The molecule has 1 aliphatic rings. The molecule has 55 heavy (non-hydrogen) atoms. The molecule has 1 atom stereocenters. The Hall–Kier alpha value is -3.89. The number of aromatic nitrogens is 4. The van der Waals surface area contributed by atoms with Crippen molar-refractivity contribution in [2.75, 3.05) is 11.5 Å². The Balaban J connectivity index is 1.57. The van der Waals surface area contributed by atoms with Crippen molar-refractivity contribution >= 4 is 50.8 Å². The summed E-state index contributed by atoms with van der Waals surface area (Å²) in [6.07, 6.45) is 6.19. The van der Waals surface area contributed by atoms with Gasteiger partial charge in [-0.3, -0.25) is 0 Å². The van der Waals surface area contributed by atoms with Crippen molar-refractivity contribution in [3.63, 3.8) is 0 Å². The summed E-state index contributed by atoms with van der Waals surface area (Å²) in [7, 11) is -2.91. The molecule has 0 spiro atoms. The third-order valence-electron chi connectivity index (χ3n) is 10.1. The number of carbonyl (C=O) groups is 1.